The van der Waals surface area contributed by atoms with Crippen molar-refractivity contribution in [3.05, 3.63) is 29.3 Å². The van der Waals surface area contributed by atoms with Gasteiger partial charge in [-0.3, -0.25) is 9.69 Å². The van der Waals surface area contributed by atoms with E-state index in [4.69, 9.17) is 0 Å². The smallest absolute Gasteiger partial charge is 0.326 e. The summed E-state index contributed by atoms with van der Waals surface area (Å²) in [7, 11) is 3.98. The third kappa shape index (κ3) is 5.19. The van der Waals surface area contributed by atoms with Gasteiger partial charge in [0.15, 0.2) is 0 Å². The summed E-state index contributed by atoms with van der Waals surface area (Å²) in [6, 6.07) is 4.43. The molecule has 25 heavy (non-hydrogen) atoms. The molecular weight excluding hydrogens is 331 g/mol. The lowest BCUT2D eigenvalue weighted by Gasteiger charge is -2.22. The summed E-state index contributed by atoms with van der Waals surface area (Å²) in [4.78, 5) is 15.9. The molecule has 2 rings (SSSR count). The average Bonchev–Trinajstić information content (AvgIpc) is 2.96. The number of halogens is 3. The highest BCUT2D eigenvalue weighted by Crippen LogP contribution is 2.35. The zero-order valence-electron chi connectivity index (χ0n) is 15.2. The fourth-order valence-electron chi connectivity index (χ4n) is 2.96. The van der Waals surface area contributed by atoms with Crippen LogP contribution in [0.1, 0.15) is 31.4 Å². The molecule has 0 unspecified atom stereocenters. The summed E-state index contributed by atoms with van der Waals surface area (Å²) in [5, 5.41) is 2.54. The number of nitrogens with zero attached hydrogens (tertiary/aromatic N) is 2. The molecule has 1 atom stereocenters. The minimum Gasteiger partial charge on any atom is -0.326 e. The highest BCUT2D eigenvalue weighted by molar-refractivity contribution is 5.92. The molecule has 0 bridgehead atoms. The maximum absolute atomic E-state index is 13.5. The van der Waals surface area contributed by atoms with Crippen molar-refractivity contribution < 1.29 is 18.0 Å². The molecule has 0 aliphatic carbocycles. The quantitative estimate of drug-likeness (QED) is 0.877. The van der Waals surface area contributed by atoms with Crippen LogP contribution in [0.5, 0.6) is 0 Å². The lowest BCUT2D eigenvalue weighted by molar-refractivity contribution is -0.138. The first-order chi connectivity index (χ1) is 11.6. The number of alkyl halides is 3. The Balaban J connectivity index is 2.19. The molecule has 1 aliphatic heterocycles. The number of benzene rings is 1. The number of nitrogens with one attached hydrogen (secondary N) is 1. The van der Waals surface area contributed by atoms with Gasteiger partial charge in [0.2, 0.25) is 5.91 Å². The minimum atomic E-state index is -4.45. The Morgan fingerprint density at radius 3 is 2.56 bits per heavy atom. The monoisotopic (exact) mass is 357 g/mol. The van der Waals surface area contributed by atoms with Crippen LogP contribution in [0.3, 0.4) is 0 Å². The molecule has 0 saturated carbocycles. The van der Waals surface area contributed by atoms with Crippen LogP contribution in [0.15, 0.2) is 18.2 Å². The number of carbonyl (C=O) groups excluding carboxylic acids is 1. The first-order valence-electron chi connectivity index (χ1n) is 8.47. The fraction of sp³-hybridized carbons (Fsp3) is 0.611. The van der Waals surface area contributed by atoms with Crippen molar-refractivity contribution in [3.63, 3.8) is 0 Å². The van der Waals surface area contributed by atoms with E-state index in [1.807, 2.05) is 19.0 Å². The van der Waals surface area contributed by atoms with E-state index in [0.29, 0.717) is 6.04 Å². The number of carbonyl (C=O) groups is 1. The van der Waals surface area contributed by atoms with Gasteiger partial charge < -0.3 is 10.2 Å². The van der Waals surface area contributed by atoms with Gasteiger partial charge in [-0.15, -0.1) is 0 Å². The molecule has 1 aliphatic rings. The van der Waals surface area contributed by atoms with Crippen molar-refractivity contribution in [1.82, 2.24) is 9.80 Å². The van der Waals surface area contributed by atoms with E-state index in [0.717, 1.165) is 25.6 Å². The van der Waals surface area contributed by atoms with Gasteiger partial charge >= 0.3 is 6.18 Å². The molecule has 1 heterocycles. The SMILES string of the molecule is CC(C)C(=O)Nc1ccc(CN2CC[C@@H](N(C)C)C2)c(C(F)(F)F)c1. The molecule has 1 amide bonds. The molecule has 0 radical (unpaired) electrons. The predicted molar refractivity (Wildman–Crippen MR) is 92.3 cm³/mol. The topological polar surface area (TPSA) is 35.6 Å². The standard InChI is InChI=1S/C18H26F3N3O/c1-12(2)17(25)22-14-6-5-13(16(9-14)18(19,20)21)10-24-8-7-15(11-24)23(3)4/h5-6,9,12,15H,7-8,10-11H2,1-4H3,(H,22,25)/t15-/m1/s1. The number of anilines is 1. The van der Waals surface area contributed by atoms with Gasteiger partial charge in [-0.1, -0.05) is 19.9 Å². The molecule has 0 aromatic heterocycles. The third-order valence-corrected chi connectivity index (χ3v) is 4.58. The van der Waals surface area contributed by atoms with Crippen LogP contribution >= 0.6 is 0 Å². The van der Waals surface area contributed by atoms with Gasteiger partial charge in [0.25, 0.3) is 0 Å². The molecular formula is C18H26F3N3O. The van der Waals surface area contributed by atoms with Crippen molar-refractivity contribution in [2.45, 2.75) is 39.0 Å². The second-order valence-corrected chi connectivity index (χ2v) is 7.15. The number of likely N-dealkylation sites (tertiary alicyclic amines) is 1. The van der Waals surface area contributed by atoms with E-state index in [9.17, 15) is 18.0 Å². The van der Waals surface area contributed by atoms with Gasteiger partial charge in [0.05, 0.1) is 5.56 Å². The summed E-state index contributed by atoms with van der Waals surface area (Å²) in [6.07, 6.45) is -3.49. The first kappa shape index (κ1) is 19.7. The largest absolute Gasteiger partial charge is 0.416 e. The zero-order chi connectivity index (χ0) is 18.8. The molecule has 1 aromatic carbocycles. The summed E-state index contributed by atoms with van der Waals surface area (Å²) in [5.41, 5.74) is -0.251. The van der Waals surface area contributed by atoms with Crippen LogP contribution in [0.25, 0.3) is 0 Å². The minimum absolute atomic E-state index is 0.183. The van der Waals surface area contributed by atoms with E-state index >= 15 is 0 Å². The predicted octanol–water partition coefficient (Wildman–Crippen LogP) is 3.44. The Morgan fingerprint density at radius 1 is 1.36 bits per heavy atom. The fourth-order valence-corrected chi connectivity index (χ4v) is 2.96. The normalized spacial score (nSPS) is 19.0. The van der Waals surface area contributed by atoms with Crippen molar-refractivity contribution >= 4 is 11.6 Å². The number of likely N-dealkylation sites (N-methyl/N-ethyl adjacent to an activating group) is 1. The van der Waals surface area contributed by atoms with E-state index in [2.05, 4.69) is 10.2 Å². The summed E-state index contributed by atoms with van der Waals surface area (Å²) in [5.74, 6) is -0.587. The van der Waals surface area contributed by atoms with Crippen LogP contribution in [0.2, 0.25) is 0 Å². The molecule has 1 fully saturated rings. The van der Waals surface area contributed by atoms with Crippen LogP contribution in [0, 0.1) is 5.92 Å². The lowest BCUT2D eigenvalue weighted by Crippen LogP contribution is -2.31. The Bertz CT molecular complexity index is 614. The highest BCUT2D eigenvalue weighted by Gasteiger charge is 2.35. The maximum Gasteiger partial charge on any atom is 0.416 e. The van der Waals surface area contributed by atoms with Gasteiger partial charge in [-0.25, -0.2) is 0 Å². The van der Waals surface area contributed by atoms with Gasteiger partial charge in [-0.2, -0.15) is 13.2 Å². The van der Waals surface area contributed by atoms with Crippen LogP contribution in [-0.4, -0.2) is 48.9 Å². The van der Waals surface area contributed by atoms with E-state index in [-0.39, 0.29) is 29.6 Å². The van der Waals surface area contributed by atoms with E-state index in [1.54, 1.807) is 19.9 Å². The second-order valence-electron chi connectivity index (χ2n) is 7.15. The second kappa shape index (κ2) is 7.74. The molecule has 1 aromatic rings. The Hall–Kier alpha value is -1.60. The van der Waals surface area contributed by atoms with Gasteiger partial charge in [0, 0.05) is 37.3 Å². The Morgan fingerprint density at radius 2 is 2.04 bits per heavy atom. The maximum atomic E-state index is 13.5. The Kier molecular flexibility index (Phi) is 6.11. The van der Waals surface area contributed by atoms with Crippen LogP contribution < -0.4 is 5.32 Å². The van der Waals surface area contributed by atoms with Crippen molar-refractivity contribution in [2.75, 3.05) is 32.5 Å². The van der Waals surface area contributed by atoms with Gasteiger partial charge in [0.1, 0.15) is 0 Å². The summed E-state index contributed by atoms with van der Waals surface area (Å²) >= 11 is 0. The summed E-state index contributed by atoms with van der Waals surface area (Å²) < 4.78 is 40.4. The van der Waals surface area contributed by atoms with Crippen molar-refractivity contribution in [3.8, 4) is 0 Å². The molecule has 1 N–H and O–H groups in total. The summed E-state index contributed by atoms with van der Waals surface area (Å²) in [6.45, 7) is 5.20. The van der Waals surface area contributed by atoms with Gasteiger partial charge in [-0.05, 0) is 38.2 Å². The molecule has 1 saturated heterocycles. The number of hydrogen-bond donors (Lipinski definition) is 1. The molecule has 7 heteroatoms. The number of amides is 1. The Labute approximate surface area is 147 Å². The molecule has 140 valence electrons. The zero-order valence-corrected chi connectivity index (χ0v) is 15.2. The first-order valence-corrected chi connectivity index (χ1v) is 8.47. The van der Waals surface area contributed by atoms with E-state index < -0.39 is 11.7 Å². The number of hydrogen-bond acceptors (Lipinski definition) is 3. The average molecular weight is 357 g/mol. The highest BCUT2D eigenvalue weighted by atomic mass is 19.4. The van der Waals surface area contributed by atoms with Crippen LogP contribution in [-0.2, 0) is 17.5 Å². The van der Waals surface area contributed by atoms with E-state index in [1.165, 1.54) is 6.07 Å². The lowest BCUT2D eigenvalue weighted by atomic mass is 10.0. The van der Waals surface area contributed by atoms with Crippen molar-refractivity contribution in [1.29, 1.82) is 0 Å². The third-order valence-electron chi connectivity index (χ3n) is 4.58. The van der Waals surface area contributed by atoms with Crippen LogP contribution in [0.4, 0.5) is 18.9 Å². The number of rotatable bonds is 5. The van der Waals surface area contributed by atoms with Crippen molar-refractivity contribution in [2.24, 2.45) is 5.92 Å². The molecule has 0 spiro atoms. The molecule has 4 nitrogen and oxygen atoms in total.